The lowest BCUT2D eigenvalue weighted by Crippen LogP contribution is -1.94. The smallest absolute Gasteiger partial charge is 0.185 e. The van der Waals surface area contributed by atoms with Gasteiger partial charge in [-0.3, -0.25) is 4.79 Å². The molecule has 0 saturated heterocycles. The van der Waals surface area contributed by atoms with Gasteiger partial charge in [0.15, 0.2) is 5.78 Å². The Morgan fingerprint density at radius 3 is 1.94 bits per heavy atom. The van der Waals surface area contributed by atoms with Crippen LogP contribution in [0.5, 0.6) is 0 Å². The molecule has 0 atom stereocenters. The Hall–Kier alpha value is -2.15. The molecule has 1 nitrogen and oxygen atoms in total. The standard InChI is InChI=1S/C30H42O/c1-3-4-5-6-7-8-9-10-11-12-13-15-20-29-25-27(22-21-26(29)2)23-24-30(31)28-18-16-14-17-19-28/h14,16-19,21-25H,3-13,15,20H2,1-2H3. The van der Waals surface area contributed by atoms with Crippen LogP contribution in [0.1, 0.15) is 111 Å². The number of carbonyl (C=O) groups is 1. The predicted molar refractivity (Wildman–Crippen MR) is 136 cm³/mol. The summed E-state index contributed by atoms with van der Waals surface area (Å²) in [7, 11) is 0. The summed E-state index contributed by atoms with van der Waals surface area (Å²) >= 11 is 0. The van der Waals surface area contributed by atoms with Crippen molar-refractivity contribution in [1.82, 2.24) is 0 Å². The molecule has 0 bridgehead atoms. The molecule has 0 spiro atoms. The second kappa shape index (κ2) is 15.6. The van der Waals surface area contributed by atoms with Crippen LogP contribution in [0.4, 0.5) is 0 Å². The number of ketones is 1. The molecule has 0 aliphatic carbocycles. The first-order valence-corrected chi connectivity index (χ1v) is 12.6. The Bertz CT molecular complexity index is 772. The zero-order valence-electron chi connectivity index (χ0n) is 19.9. The van der Waals surface area contributed by atoms with Crippen LogP contribution in [0.2, 0.25) is 0 Å². The van der Waals surface area contributed by atoms with Gasteiger partial charge in [0.1, 0.15) is 0 Å². The normalized spacial score (nSPS) is 11.3. The molecule has 0 saturated carbocycles. The number of hydrogen-bond acceptors (Lipinski definition) is 1. The SMILES string of the molecule is CCCCCCCCCCCCCCc1cc(C=CC(=O)c2ccccc2)ccc1C. The number of carbonyl (C=O) groups excluding carboxylic acids is 1. The van der Waals surface area contributed by atoms with Gasteiger partial charge in [-0.1, -0.05) is 132 Å². The molecule has 2 aromatic carbocycles. The number of unbranched alkanes of at least 4 members (excludes halogenated alkanes) is 11. The van der Waals surface area contributed by atoms with Crippen LogP contribution in [-0.2, 0) is 6.42 Å². The molecule has 168 valence electrons. The van der Waals surface area contributed by atoms with Gasteiger partial charge in [-0.25, -0.2) is 0 Å². The minimum Gasteiger partial charge on any atom is -0.289 e. The number of allylic oxidation sites excluding steroid dienone is 1. The molecule has 2 aromatic rings. The maximum absolute atomic E-state index is 12.3. The van der Waals surface area contributed by atoms with Crippen LogP contribution in [-0.4, -0.2) is 5.78 Å². The third-order valence-electron chi connectivity index (χ3n) is 6.16. The minimum absolute atomic E-state index is 0.0590. The van der Waals surface area contributed by atoms with Crippen molar-refractivity contribution in [3.05, 3.63) is 76.9 Å². The van der Waals surface area contributed by atoms with E-state index in [0.717, 1.165) is 17.5 Å². The molecule has 0 fully saturated rings. The van der Waals surface area contributed by atoms with Gasteiger partial charge in [-0.2, -0.15) is 0 Å². The highest BCUT2D eigenvalue weighted by Crippen LogP contribution is 2.17. The highest BCUT2D eigenvalue weighted by Gasteiger charge is 2.02. The van der Waals surface area contributed by atoms with E-state index in [1.54, 1.807) is 6.08 Å². The van der Waals surface area contributed by atoms with Gasteiger partial charge in [0.2, 0.25) is 0 Å². The van der Waals surface area contributed by atoms with Crippen molar-refractivity contribution >= 4 is 11.9 Å². The van der Waals surface area contributed by atoms with Crippen molar-refractivity contribution in [2.24, 2.45) is 0 Å². The molecule has 0 aliphatic heterocycles. The highest BCUT2D eigenvalue weighted by atomic mass is 16.1. The van der Waals surface area contributed by atoms with E-state index in [9.17, 15) is 4.79 Å². The fraction of sp³-hybridized carbons (Fsp3) is 0.500. The van der Waals surface area contributed by atoms with Crippen molar-refractivity contribution in [3.63, 3.8) is 0 Å². The predicted octanol–water partition coefficient (Wildman–Crippen LogP) is 9.13. The maximum Gasteiger partial charge on any atom is 0.185 e. The monoisotopic (exact) mass is 418 g/mol. The number of aryl methyl sites for hydroxylation is 2. The van der Waals surface area contributed by atoms with Crippen LogP contribution in [0.25, 0.3) is 6.08 Å². The average Bonchev–Trinajstić information content (AvgIpc) is 2.80. The van der Waals surface area contributed by atoms with E-state index in [4.69, 9.17) is 0 Å². The first kappa shape index (κ1) is 25.1. The average molecular weight is 419 g/mol. The van der Waals surface area contributed by atoms with Crippen LogP contribution in [0, 0.1) is 6.92 Å². The Morgan fingerprint density at radius 1 is 0.742 bits per heavy atom. The van der Waals surface area contributed by atoms with Crippen molar-refractivity contribution in [1.29, 1.82) is 0 Å². The number of rotatable bonds is 16. The zero-order chi connectivity index (χ0) is 22.2. The molecule has 0 aromatic heterocycles. The molecular formula is C30H42O. The highest BCUT2D eigenvalue weighted by molar-refractivity contribution is 6.06. The van der Waals surface area contributed by atoms with E-state index in [0.29, 0.717) is 0 Å². The molecule has 0 heterocycles. The number of benzene rings is 2. The molecule has 0 aliphatic rings. The summed E-state index contributed by atoms with van der Waals surface area (Å²) in [5.74, 6) is 0.0590. The van der Waals surface area contributed by atoms with Crippen LogP contribution >= 0.6 is 0 Å². The molecule has 31 heavy (non-hydrogen) atoms. The van der Waals surface area contributed by atoms with Crippen molar-refractivity contribution < 1.29 is 4.79 Å². The fourth-order valence-electron chi connectivity index (χ4n) is 4.09. The van der Waals surface area contributed by atoms with Crippen molar-refractivity contribution in [2.75, 3.05) is 0 Å². The summed E-state index contributed by atoms with van der Waals surface area (Å²) in [5.41, 5.74) is 4.63. The maximum atomic E-state index is 12.3. The Labute approximate surface area is 191 Å². The summed E-state index contributed by atoms with van der Waals surface area (Å²) in [6, 6.07) is 16.0. The van der Waals surface area contributed by atoms with Crippen LogP contribution in [0.3, 0.4) is 0 Å². The fourth-order valence-corrected chi connectivity index (χ4v) is 4.09. The van der Waals surface area contributed by atoms with Gasteiger partial charge in [0.05, 0.1) is 0 Å². The molecule has 0 amide bonds. The van der Waals surface area contributed by atoms with Gasteiger partial charge < -0.3 is 0 Å². The summed E-state index contributed by atoms with van der Waals surface area (Å²) < 4.78 is 0. The van der Waals surface area contributed by atoms with E-state index >= 15 is 0 Å². The van der Waals surface area contributed by atoms with E-state index in [-0.39, 0.29) is 5.78 Å². The molecule has 0 N–H and O–H groups in total. The van der Waals surface area contributed by atoms with E-state index in [1.165, 1.54) is 88.2 Å². The second-order valence-corrected chi connectivity index (χ2v) is 8.89. The lowest BCUT2D eigenvalue weighted by molar-refractivity contribution is 0.104. The zero-order valence-corrected chi connectivity index (χ0v) is 19.9. The Morgan fingerprint density at radius 2 is 1.32 bits per heavy atom. The first-order valence-electron chi connectivity index (χ1n) is 12.6. The summed E-state index contributed by atoms with van der Waals surface area (Å²) in [5, 5.41) is 0. The van der Waals surface area contributed by atoms with E-state index in [2.05, 4.69) is 32.0 Å². The van der Waals surface area contributed by atoms with Gasteiger partial charge in [0, 0.05) is 5.56 Å². The number of hydrogen-bond donors (Lipinski definition) is 0. The molecular weight excluding hydrogens is 376 g/mol. The van der Waals surface area contributed by atoms with Gasteiger partial charge in [-0.05, 0) is 42.5 Å². The lowest BCUT2D eigenvalue weighted by Gasteiger charge is -2.08. The quantitative estimate of drug-likeness (QED) is 0.151. The van der Waals surface area contributed by atoms with E-state index < -0.39 is 0 Å². The Kier molecular flexibility index (Phi) is 12.7. The van der Waals surface area contributed by atoms with Crippen LogP contribution in [0.15, 0.2) is 54.6 Å². The van der Waals surface area contributed by atoms with Gasteiger partial charge in [-0.15, -0.1) is 0 Å². The molecule has 0 radical (unpaired) electrons. The van der Waals surface area contributed by atoms with Crippen molar-refractivity contribution in [2.45, 2.75) is 97.3 Å². The summed E-state index contributed by atoms with van der Waals surface area (Å²) in [6.45, 7) is 4.48. The summed E-state index contributed by atoms with van der Waals surface area (Å²) in [4.78, 5) is 12.3. The third-order valence-corrected chi connectivity index (χ3v) is 6.16. The molecule has 1 heteroatoms. The Balaban J connectivity index is 1.64. The van der Waals surface area contributed by atoms with Crippen LogP contribution < -0.4 is 0 Å². The van der Waals surface area contributed by atoms with Gasteiger partial charge >= 0.3 is 0 Å². The molecule has 0 unspecified atom stereocenters. The lowest BCUT2D eigenvalue weighted by atomic mass is 9.98. The van der Waals surface area contributed by atoms with Crippen molar-refractivity contribution in [3.8, 4) is 0 Å². The first-order chi connectivity index (χ1) is 15.2. The third kappa shape index (κ3) is 10.6. The molecule has 2 rings (SSSR count). The largest absolute Gasteiger partial charge is 0.289 e. The topological polar surface area (TPSA) is 17.1 Å². The van der Waals surface area contributed by atoms with Gasteiger partial charge in [0.25, 0.3) is 0 Å². The summed E-state index contributed by atoms with van der Waals surface area (Å²) in [6.07, 6.45) is 21.4. The minimum atomic E-state index is 0.0590. The second-order valence-electron chi connectivity index (χ2n) is 8.89. The van der Waals surface area contributed by atoms with E-state index in [1.807, 2.05) is 36.4 Å².